The van der Waals surface area contributed by atoms with E-state index < -0.39 is 4.93 Å². The lowest BCUT2D eigenvalue weighted by Gasteiger charge is -2.27. The van der Waals surface area contributed by atoms with Crippen molar-refractivity contribution in [1.29, 1.82) is 0 Å². The Morgan fingerprint density at radius 1 is 1.06 bits per heavy atom. The largest absolute Gasteiger partial charge is 0.493 e. The molecule has 1 fully saturated rings. The molecule has 0 bridgehead atoms. The van der Waals surface area contributed by atoms with Crippen LogP contribution in [0.3, 0.4) is 0 Å². The number of hydrogen-bond donors (Lipinski definition) is 0. The molecule has 0 saturated carbocycles. The lowest BCUT2D eigenvalue weighted by molar-refractivity contribution is -0.144. The van der Waals surface area contributed by atoms with Gasteiger partial charge in [0.25, 0.3) is 0 Å². The summed E-state index contributed by atoms with van der Waals surface area (Å²) in [4.78, 5) is 23.3. The molecule has 0 N–H and O–H groups in total. The number of aryl methyl sites for hydroxylation is 1. The van der Waals surface area contributed by atoms with Crippen LogP contribution in [0.25, 0.3) is 0 Å². The molecule has 1 aromatic carbocycles. The molecule has 0 radical (unpaired) electrons. The van der Waals surface area contributed by atoms with E-state index in [0.29, 0.717) is 50.8 Å². The van der Waals surface area contributed by atoms with Crippen molar-refractivity contribution in [3.05, 3.63) is 29.3 Å². The quantitative estimate of drug-likeness (QED) is 0.188. The Morgan fingerprint density at radius 2 is 1.78 bits per heavy atom. The Bertz CT molecular complexity index is 808. The van der Waals surface area contributed by atoms with Crippen molar-refractivity contribution in [1.82, 2.24) is 0 Å². The number of thioether (sulfide) groups is 2. The molecular weight excluding hydrogens is 496 g/mol. The molecule has 2 aliphatic rings. The standard InChI is InChI=1S/C28H42O6S2/c1-3-31-26(29)14-16-28(17-15-27(30)32-4-2)34-20-23(36-28)21-35-19-8-7-18-33-25-13-9-11-22-10-5-6-12-24(22)25/h9,11,13,23H,3-8,10,12,14-21H2,1-2H3. The molecule has 0 spiro atoms. The van der Waals surface area contributed by atoms with Crippen LogP contribution in [0.2, 0.25) is 0 Å². The first-order valence-electron chi connectivity index (χ1n) is 13.5. The Morgan fingerprint density at radius 3 is 2.50 bits per heavy atom. The van der Waals surface area contributed by atoms with Crippen molar-refractivity contribution in [2.24, 2.45) is 0 Å². The minimum absolute atomic E-state index is 0.215. The molecule has 1 saturated heterocycles. The van der Waals surface area contributed by atoms with Gasteiger partial charge >= 0.3 is 11.9 Å². The molecule has 0 aromatic heterocycles. The number of carbonyl (C=O) groups excluding carboxylic acids is 2. The van der Waals surface area contributed by atoms with Gasteiger partial charge in [0.05, 0.1) is 26.4 Å². The number of unbranched alkanes of at least 4 members (excludes halogenated alkanes) is 1. The second-order valence-corrected chi connectivity index (χ2v) is 12.1. The van der Waals surface area contributed by atoms with Gasteiger partial charge in [0.2, 0.25) is 0 Å². The van der Waals surface area contributed by atoms with Gasteiger partial charge in [0.1, 0.15) is 10.7 Å². The summed E-state index contributed by atoms with van der Waals surface area (Å²) in [6.07, 6.45) is 8.75. The first kappa shape index (κ1) is 29.2. The van der Waals surface area contributed by atoms with Gasteiger partial charge in [-0.3, -0.25) is 9.59 Å². The van der Waals surface area contributed by atoms with E-state index in [2.05, 4.69) is 18.2 Å². The number of ether oxygens (including phenoxy) is 4. The second-order valence-electron chi connectivity index (χ2n) is 9.30. The summed E-state index contributed by atoms with van der Waals surface area (Å²) < 4.78 is 22.5. The predicted octanol–water partition coefficient (Wildman–Crippen LogP) is 5.97. The summed E-state index contributed by atoms with van der Waals surface area (Å²) in [5.41, 5.74) is 2.89. The number of esters is 2. The second kappa shape index (κ2) is 15.8. The minimum atomic E-state index is -0.520. The Kier molecular flexibility index (Phi) is 12.8. The van der Waals surface area contributed by atoms with Crippen molar-refractivity contribution in [2.45, 2.75) is 88.2 Å². The maximum Gasteiger partial charge on any atom is 0.305 e. The number of rotatable bonds is 16. The highest BCUT2D eigenvalue weighted by Gasteiger charge is 2.41. The van der Waals surface area contributed by atoms with Crippen LogP contribution in [0.1, 0.15) is 76.3 Å². The van der Waals surface area contributed by atoms with E-state index in [1.54, 1.807) is 11.8 Å². The highest BCUT2D eigenvalue weighted by molar-refractivity contribution is 8.04. The van der Waals surface area contributed by atoms with Crippen LogP contribution < -0.4 is 4.74 Å². The van der Waals surface area contributed by atoms with Gasteiger partial charge in [0.15, 0.2) is 0 Å². The van der Waals surface area contributed by atoms with Gasteiger partial charge in [-0.15, -0.1) is 11.8 Å². The van der Waals surface area contributed by atoms with Crippen LogP contribution in [0.4, 0.5) is 0 Å². The van der Waals surface area contributed by atoms with Gasteiger partial charge in [-0.05, 0) is 88.2 Å². The Hall–Kier alpha value is -1.38. The highest BCUT2D eigenvalue weighted by Crippen LogP contribution is 2.45. The van der Waals surface area contributed by atoms with E-state index in [0.717, 1.165) is 43.1 Å². The lowest BCUT2D eigenvalue weighted by atomic mass is 9.91. The molecule has 8 heteroatoms. The number of fused-ring (bicyclic) bond motifs is 1. The average molecular weight is 539 g/mol. The first-order valence-corrected chi connectivity index (χ1v) is 15.5. The topological polar surface area (TPSA) is 71.1 Å². The summed E-state index contributed by atoms with van der Waals surface area (Å²) in [6.45, 7) is 5.78. The number of benzene rings is 1. The summed E-state index contributed by atoms with van der Waals surface area (Å²) in [6, 6.07) is 6.48. The van der Waals surface area contributed by atoms with Crippen LogP contribution in [-0.4, -0.2) is 60.1 Å². The fourth-order valence-electron chi connectivity index (χ4n) is 4.72. The van der Waals surface area contributed by atoms with Gasteiger partial charge in [-0.2, -0.15) is 11.8 Å². The zero-order chi connectivity index (χ0) is 25.6. The van der Waals surface area contributed by atoms with Gasteiger partial charge in [-0.1, -0.05) is 12.1 Å². The van der Waals surface area contributed by atoms with Crippen LogP contribution in [0.15, 0.2) is 18.2 Å². The highest BCUT2D eigenvalue weighted by atomic mass is 32.2. The van der Waals surface area contributed by atoms with Crippen molar-refractivity contribution < 1.29 is 28.5 Å². The molecule has 1 aromatic rings. The normalized spacial score (nSPS) is 18.4. The Balaban J connectivity index is 1.35. The van der Waals surface area contributed by atoms with Gasteiger partial charge in [-0.25, -0.2) is 0 Å². The fraction of sp³-hybridized carbons (Fsp3) is 0.714. The van der Waals surface area contributed by atoms with Crippen molar-refractivity contribution in [2.75, 3.05) is 37.9 Å². The predicted molar refractivity (Wildman–Crippen MR) is 147 cm³/mol. The SMILES string of the molecule is CCOC(=O)CCC1(CCC(=O)OCC)OCC(CSCCCCOc2cccc3c2CCCC3)S1. The molecule has 1 heterocycles. The monoisotopic (exact) mass is 538 g/mol. The van der Waals surface area contributed by atoms with Crippen molar-refractivity contribution in [3.63, 3.8) is 0 Å². The van der Waals surface area contributed by atoms with Crippen LogP contribution in [0, 0.1) is 0 Å². The fourth-order valence-corrected chi connectivity index (χ4v) is 7.54. The molecule has 6 nitrogen and oxygen atoms in total. The molecule has 1 aliphatic heterocycles. The van der Waals surface area contributed by atoms with E-state index in [4.69, 9.17) is 18.9 Å². The zero-order valence-electron chi connectivity index (χ0n) is 21.9. The summed E-state index contributed by atoms with van der Waals surface area (Å²) in [5.74, 6) is 2.74. The molecule has 1 atom stereocenters. The molecule has 36 heavy (non-hydrogen) atoms. The van der Waals surface area contributed by atoms with E-state index in [1.165, 1.54) is 30.4 Å². The van der Waals surface area contributed by atoms with E-state index >= 15 is 0 Å². The third-order valence-electron chi connectivity index (χ3n) is 6.54. The van der Waals surface area contributed by atoms with Crippen LogP contribution in [0.5, 0.6) is 5.75 Å². The smallest absolute Gasteiger partial charge is 0.305 e. The molecule has 0 amide bonds. The van der Waals surface area contributed by atoms with Gasteiger partial charge in [0, 0.05) is 23.8 Å². The first-order chi connectivity index (χ1) is 17.5. The lowest BCUT2D eigenvalue weighted by Crippen LogP contribution is -2.27. The van der Waals surface area contributed by atoms with Crippen molar-refractivity contribution in [3.8, 4) is 5.75 Å². The molecule has 1 aliphatic carbocycles. The zero-order valence-corrected chi connectivity index (χ0v) is 23.5. The Labute approximate surface area is 224 Å². The minimum Gasteiger partial charge on any atom is -0.493 e. The van der Waals surface area contributed by atoms with E-state index in [9.17, 15) is 9.59 Å². The van der Waals surface area contributed by atoms with Crippen LogP contribution >= 0.6 is 23.5 Å². The van der Waals surface area contributed by atoms with Crippen molar-refractivity contribution >= 4 is 35.5 Å². The maximum absolute atomic E-state index is 11.9. The number of hydrogen-bond acceptors (Lipinski definition) is 8. The van der Waals surface area contributed by atoms with Crippen LogP contribution in [-0.2, 0) is 36.6 Å². The average Bonchev–Trinajstić information content (AvgIpc) is 3.30. The molecule has 3 rings (SSSR count). The summed E-state index contributed by atoms with van der Waals surface area (Å²) in [5, 5.41) is 0.353. The van der Waals surface area contributed by atoms with E-state index in [-0.39, 0.29) is 11.9 Å². The molecule has 202 valence electrons. The summed E-state index contributed by atoms with van der Waals surface area (Å²) >= 11 is 3.72. The third kappa shape index (κ3) is 9.49. The third-order valence-corrected chi connectivity index (χ3v) is 9.56. The summed E-state index contributed by atoms with van der Waals surface area (Å²) in [7, 11) is 0. The molecular formula is C28H42O6S2. The van der Waals surface area contributed by atoms with Gasteiger partial charge < -0.3 is 18.9 Å². The van der Waals surface area contributed by atoms with E-state index in [1.807, 2.05) is 25.6 Å². The molecule has 1 unspecified atom stereocenters. The maximum atomic E-state index is 11.9. The number of carbonyl (C=O) groups is 2.